The zero-order valence-electron chi connectivity index (χ0n) is 16.9. The molecule has 0 saturated heterocycles. The van der Waals surface area contributed by atoms with Crippen LogP contribution in [-0.2, 0) is 0 Å². The molecule has 0 aromatic heterocycles. The van der Waals surface area contributed by atoms with Gasteiger partial charge in [-0.1, -0.05) is 6.92 Å². The SMILES string of the molecule is CCC12CC3(C(C)(F)F)CC(C(C)(F)F)(C1(F)F)C(F)(F)C(C(C)(F)F)(C3(F)F)C2(F)F. The van der Waals surface area contributed by atoms with E-state index in [0.717, 1.165) is 0 Å². The molecular formula is C18H18F14. The molecule has 4 aliphatic carbocycles. The highest BCUT2D eigenvalue weighted by Gasteiger charge is 3.12. The van der Waals surface area contributed by atoms with Gasteiger partial charge in [-0.15, -0.1) is 0 Å². The summed E-state index contributed by atoms with van der Waals surface area (Å²) in [6.07, 6.45) is -7.57. The third-order valence-electron chi connectivity index (χ3n) is 8.31. The molecule has 4 rings (SSSR count). The standard InChI is InChI=1S/C18H18F14/c1-5-11-6-12(8(2,19)20)7-13(9(3,21)22,15(11,25)26)18(31,32)14(10(4,23)24,16(11,27)28)17(12,29)30/h5-7H2,1-4H3. The van der Waals surface area contributed by atoms with E-state index in [0.29, 0.717) is 6.92 Å². The van der Waals surface area contributed by atoms with Crippen LogP contribution in [0.2, 0.25) is 0 Å². The largest absolute Gasteiger partial charge is 0.288 e. The molecule has 0 aliphatic heterocycles. The normalized spacial score (nSPS) is 44.1. The maximum absolute atomic E-state index is 15.5. The van der Waals surface area contributed by atoms with E-state index in [-0.39, 0.29) is 0 Å². The van der Waals surface area contributed by atoms with E-state index in [9.17, 15) is 26.3 Å². The quantitative estimate of drug-likeness (QED) is 0.348. The molecule has 0 nitrogen and oxygen atoms in total. The van der Waals surface area contributed by atoms with Gasteiger partial charge in [0.2, 0.25) is 5.41 Å². The van der Waals surface area contributed by atoms with Crippen molar-refractivity contribution < 1.29 is 61.5 Å². The van der Waals surface area contributed by atoms with Gasteiger partial charge in [0.05, 0.1) is 0 Å². The Morgan fingerprint density at radius 2 is 1.00 bits per heavy atom. The summed E-state index contributed by atoms with van der Waals surface area (Å²) in [6, 6.07) is 0. The highest BCUT2D eigenvalue weighted by atomic mass is 19.3. The summed E-state index contributed by atoms with van der Waals surface area (Å²) in [5.41, 5.74) is -21.8. The third kappa shape index (κ3) is 1.78. The maximum Gasteiger partial charge on any atom is 0.288 e. The fourth-order valence-corrected chi connectivity index (χ4v) is 6.82. The summed E-state index contributed by atoms with van der Waals surface area (Å²) >= 11 is 0. The van der Waals surface area contributed by atoms with Gasteiger partial charge in [0, 0.05) is 20.8 Å². The molecule has 0 aromatic carbocycles. The Kier molecular flexibility index (Phi) is 4.38. The van der Waals surface area contributed by atoms with Gasteiger partial charge in [-0.2, -0.15) is 0 Å². The number of halogens is 14. The molecule has 0 heterocycles. The van der Waals surface area contributed by atoms with Crippen LogP contribution >= 0.6 is 0 Å². The van der Waals surface area contributed by atoms with Crippen LogP contribution in [0.25, 0.3) is 0 Å². The minimum atomic E-state index is -6.90. The molecule has 14 heteroatoms. The highest BCUT2D eigenvalue weighted by molar-refractivity contribution is 5.44. The predicted octanol–water partition coefficient (Wildman–Crippen LogP) is 7.67. The molecule has 0 aromatic rings. The van der Waals surface area contributed by atoms with Crippen LogP contribution < -0.4 is 0 Å². The van der Waals surface area contributed by atoms with Crippen LogP contribution in [0.4, 0.5) is 61.5 Å². The van der Waals surface area contributed by atoms with Crippen molar-refractivity contribution >= 4 is 0 Å². The Bertz CT molecular complexity index is 812. The first-order valence-electron chi connectivity index (χ1n) is 9.37. The average molecular weight is 500 g/mol. The molecule has 4 fully saturated rings. The van der Waals surface area contributed by atoms with Crippen LogP contribution in [0.1, 0.15) is 47.0 Å². The molecule has 0 N–H and O–H groups in total. The summed E-state index contributed by atoms with van der Waals surface area (Å²) in [5.74, 6) is -42.6. The van der Waals surface area contributed by atoms with E-state index in [1.165, 1.54) is 0 Å². The van der Waals surface area contributed by atoms with Gasteiger partial charge >= 0.3 is 0 Å². The first kappa shape index (κ1) is 25.6. The molecule has 4 unspecified atom stereocenters. The molecule has 4 aliphatic rings. The van der Waals surface area contributed by atoms with Crippen LogP contribution in [0.5, 0.6) is 0 Å². The van der Waals surface area contributed by atoms with Crippen molar-refractivity contribution in [3.8, 4) is 0 Å². The van der Waals surface area contributed by atoms with E-state index in [2.05, 4.69) is 0 Å². The van der Waals surface area contributed by atoms with Crippen molar-refractivity contribution in [3.05, 3.63) is 0 Å². The zero-order chi connectivity index (χ0) is 25.6. The fraction of sp³-hybridized carbons (Fsp3) is 1.00. The molecule has 4 bridgehead atoms. The van der Waals surface area contributed by atoms with Crippen molar-refractivity contribution in [2.45, 2.75) is 88.4 Å². The van der Waals surface area contributed by atoms with E-state index in [1.807, 2.05) is 0 Å². The molecule has 32 heavy (non-hydrogen) atoms. The topological polar surface area (TPSA) is 0 Å². The number of hydrogen-bond acceptors (Lipinski definition) is 0. The minimum Gasteiger partial charge on any atom is -0.206 e. The van der Waals surface area contributed by atoms with Crippen molar-refractivity contribution in [3.63, 3.8) is 0 Å². The lowest BCUT2D eigenvalue weighted by Gasteiger charge is -2.80. The molecule has 0 amide bonds. The summed E-state index contributed by atoms with van der Waals surface area (Å²) in [4.78, 5) is 0. The second-order valence-electron chi connectivity index (χ2n) is 9.49. The molecule has 4 saturated carbocycles. The second-order valence-corrected chi connectivity index (χ2v) is 9.49. The van der Waals surface area contributed by atoms with E-state index < -0.39 is 103 Å². The van der Waals surface area contributed by atoms with E-state index in [1.54, 1.807) is 0 Å². The first-order chi connectivity index (χ1) is 13.7. The van der Waals surface area contributed by atoms with E-state index >= 15 is 35.1 Å². The Morgan fingerprint density at radius 1 is 0.562 bits per heavy atom. The number of alkyl halides is 14. The molecule has 0 spiro atoms. The van der Waals surface area contributed by atoms with Crippen LogP contribution in [0.15, 0.2) is 0 Å². The fourth-order valence-electron chi connectivity index (χ4n) is 6.82. The van der Waals surface area contributed by atoms with Crippen molar-refractivity contribution in [1.29, 1.82) is 0 Å². The van der Waals surface area contributed by atoms with Gasteiger partial charge in [0.1, 0.15) is 10.8 Å². The third-order valence-corrected chi connectivity index (χ3v) is 8.31. The zero-order valence-corrected chi connectivity index (χ0v) is 16.9. The van der Waals surface area contributed by atoms with Crippen molar-refractivity contribution in [2.24, 2.45) is 21.7 Å². The Morgan fingerprint density at radius 3 is 1.31 bits per heavy atom. The molecule has 0 radical (unpaired) electrons. The van der Waals surface area contributed by atoms with Gasteiger partial charge in [-0.05, 0) is 19.3 Å². The Balaban J connectivity index is 2.77. The predicted molar refractivity (Wildman–Crippen MR) is 80.9 cm³/mol. The van der Waals surface area contributed by atoms with Crippen LogP contribution in [0, 0.1) is 21.7 Å². The second kappa shape index (κ2) is 5.46. The van der Waals surface area contributed by atoms with E-state index in [4.69, 9.17) is 0 Å². The monoisotopic (exact) mass is 500 g/mol. The van der Waals surface area contributed by atoms with Gasteiger partial charge < -0.3 is 0 Å². The summed E-state index contributed by atoms with van der Waals surface area (Å²) in [6.45, 7) is -1.67. The van der Waals surface area contributed by atoms with Crippen LogP contribution in [0.3, 0.4) is 0 Å². The lowest BCUT2D eigenvalue weighted by atomic mass is 9.26. The Labute approximate surface area is 172 Å². The van der Waals surface area contributed by atoms with Crippen molar-refractivity contribution in [1.82, 2.24) is 0 Å². The summed E-state index contributed by atoms with van der Waals surface area (Å²) in [5, 5.41) is 0. The summed E-state index contributed by atoms with van der Waals surface area (Å²) in [7, 11) is 0. The highest BCUT2D eigenvalue weighted by Crippen LogP contribution is 2.94. The maximum atomic E-state index is 15.5. The lowest BCUT2D eigenvalue weighted by molar-refractivity contribution is -0.593. The van der Waals surface area contributed by atoms with Gasteiger partial charge in [0.15, 0.2) is 5.41 Å². The lowest BCUT2D eigenvalue weighted by Crippen LogP contribution is -2.98. The molecule has 188 valence electrons. The Hall–Kier alpha value is -0.980. The van der Waals surface area contributed by atoms with Crippen molar-refractivity contribution in [2.75, 3.05) is 0 Å². The molecular weight excluding hydrogens is 482 g/mol. The first-order valence-corrected chi connectivity index (χ1v) is 9.37. The minimum absolute atomic E-state index is 0.357. The van der Waals surface area contributed by atoms with Gasteiger partial charge in [-0.3, -0.25) is 0 Å². The number of hydrogen-bond donors (Lipinski definition) is 0. The summed E-state index contributed by atoms with van der Waals surface area (Å²) < 4.78 is 212. The van der Waals surface area contributed by atoms with Crippen LogP contribution in [-0.4, -0.2) is 41.5 Å². The van der Waals surface area contributed by atoms with Gasteiger partial charge in [0.25, 0.3) is 41.5 Å². The number of rotatable bonds is 4. The average Bonchev–Trinajstić information content (AvgIpc) is 2.47. The molecule has 4 atom stereocenters. The van der Waals surface area contributed by atoms with Gasteiger partial charge in [-0.25, -0.2) is 61.5 Å². The smallest absolute Gasteiger partial charge is 0.206 e.